The topological polar surface area (TPSA) is 68.0 Å². The molecule has 2 rings (SSSR count). The van der Waals surface area contributed by atoms with Crippen LogP contribution in [-0.2, 0) is 6.54 Å². The van der Waals surface area contributed by atoms with E-state index in [1.807, 2.05) is 6.92 Å². The van der Waals surface area contributed by atoms with Crippen LogP contribution >= 0.6 is 11.3 Å². The van der Waals surface area contributed by atoms with Crippen LogP contribution in [0.1, 0.15) is 40.4 Å². The van der Waals surface area contributed by atoms with E-state index in [1.165, 1.54) is 23.5 Å². The fourth-order valence-electron chi connectivity index (χ4n) is 1.61. The lowest BCUT2D eigenvalue weighted by Gasteiger charge is -2.04. The normalized spacial score (nSPS) is 12.2. The van der Waals surface area contributed by atoms with Crippen molar-refractivity contribution in [3.63, 3.8) is 0 Å². The van der Waals surface area contributed by atoms with Gasteiger partial charge >= 0.3 is 0 Å². The number of halogens is 1. The predicted molar refractivity (Wildman–Crippen MR) is 76.9 cm³/mol. The molecule has 1 heterocycles. The van der Waals surface area contributed by atoms with E-state index >= 15 is 0 Å². The van der Waals surface area contributed by atoms with Gasteiger partial charge in [-0.2, -0.15) is 0 Å². The lowest BCUT2D eigenvalue weighted by atomic mass is 10.2. The number of benzene rings is 1. The summed E-state index contributed by atoms with van der Waals surface area (Å²) in [6.07, 6.45) is 0.782. The first kappa shape index (κ1) is 14.6. The van der Waals surface area contributed by atoms with E-state index in [0.29, 0.717) is 12.2 Å². The van der Waals surface area contributed by atoms with Crippen LogP contribution in [0, 0.1) is 5.82 Å². The number of nitrogens with two attached hydrogens (primary N) is 1. The number of nitrogens with zero attached hydrogens (tertiary/aromatic N) is 1. The lowest BCUT2D eigenvalue weighted by molar-refractivity contribution is 0.0946. The van der Waals surface area contributed by atoms with Crippen molar-refractivity contribution in [3.05, 3.63) is 51.7 Å². The van der Waals surface area contributed by atoms with Gasteiger partial charge in [-0.1, -0.05) is 19.1 Å². The number of carbonyl (C=O) groups is 1. The third kappa shape index (κ3) is 3.61. The molecule has 0 fully saturated rings. The highest BCUT2D eigenvalue weighted by molar-refractivity contribution is 7.09. The molecule has 6 heteroatoms. The Morgan fingerprint density at radius 2 is 2.15 bits per heavy atom. The Bertz CT molecular complexity index is 582. The highest BCUT2D eigenvalue weighted by Gasteiger charge is 2.13. The summed E-state index contributed by atoms with van der Waals surface area (Å²) in [5.41, 5.74) is 7.07. The van der Waals surface area contributed by atoms with Crippen molar-refractivity contribution in [2.45, 2.75) is 25.9 Å². The van der Waals surface area contributed by atoms with Gasteiger partial charge in [0.2, 0.25) is 0 Å². The molecule has 0 saturated carbocycles. The maximum Gasteiger partial charge on any atom is 0.271 e. The zero-order valence-corrected chi connectivity index (χ0v) is 11.9. The molecule has 0 radical (unpaired) electrons. The molecule has 0 aliphatic rings. The van der Waals surface area contributed by atoms with Gasteiger partial charge in [-0.25, -0.2) is 9.37 Å². The van der Waals surface area contributed by atoms with E-state index in [4.69, 9.17) is 5.73 Å². The fraction of sp³-hybridized carbons (Fsp3) is 0.286. The van der Waals surface area contributed by atoms with E-state index in [1.54, 1.807) is 17.5 Å². The molecule has 1 amide bonds. The standard InChI is InChI=1S/C14H16FN3OS/c1-2-11(16)14-18-12(8-20-14)13(19)17-7-9-3-5-10(15)6-4-9/h3-6,8,11H,2,7,16H2,1H3,(H,17,19). The maximum absolute atomic E-state index is 12.8. The Morgan fingerprint density at radius 3 is 2.80 bits per heavy atom. The molecule has 1 unspecified atom stereocenters. The smallest absolute Gasteiger partial charge is 0.271 e. The van der Waals surface area contributed by atoms with Gasteiger partial charge in [0.1, 0.15) is 16.5 Å². The predicted octanol–water partition coefficient (Wildman–Crippen LogP) is 2.62. The molecule has 2 aromatic rings. The van der Waals surface area contributed by atoms with Gasteiger partial charge in [0, 0.05) is 11.9 Å². The number of rotatable bonds is 5. The second-order valence-corrected chi connectivity index (χ2v) is 5.28. The van der Waals surface area contributed by atoms with Gasteiger partial charge < -0.3 is 11.1 Å². The van der Waals surface area contributed by atoms with E-state index in [9.17, 15) is 9.18 Å². The molecule has 1 atom stereocenters. The Hall–Kier alpha value is -1.79. The summed E-state index contributed by atoms with van der Waals surface area (Å²) in [7, 11) is 0. The Labute approximate surface area is 120 Å². The third-order valence-electron chi connectivity index (χ3n) is 2.88. The van der Waals surface area contributed by atoms with Crippen LogP contribution in [0.3, 0.4) is 0 Å². The molecule has 0 bridgehead atoms. The maximum atomic E-state index is 12.8. The average molecular weight is 293 g/mol. The summed E-state index contributed by atoms with van der Waals surface area (Å²) < 4.78 is 12.8. The van der Waals surface area contributed by atoms with Crippen molar-refractivity contribution in [1.29, 1.82) is 0 Å². The molecule has 0 aliphatic heterocycles. The summed E-state index contributed by atoms with van der Waals surface area (Å²) in [5, 5.41) is 5.21. The second-order valence-electron chi connectivity index (χ2n) is 4.39. The summed E-state index contributed by atoms with van der Waals surface area (Å²) in [6, 6.07) is 5.87. The van der Waals surface area contributed by atoms with E-state index in [-0.39, 0.29) is 17.8 Å². The van der Waals surface area contributed by atoms with Gasteiger partial charge in [-0.3, -0.25) is 4.79 Å². The third-order valence-corrected chi connectivity index (χ3v) is 3.85. The first-order valence-electron chi connectivity index (χ1n) is 6.33. The summed E-state index contributed by atoms with van der Waals surface area (Å²) in [4.78, 5) is 16.2. The fourth-order valence-corrected chi connectivity index (χ4v) is 2.50. The number of thiazole rings is 1. The van der Waals surface area contributed by atoms with E-state index in [2.05, 4.69) is 10.3 Å². The van der Waals surface area contributed by atoms with Crippen LogP contribution in [0.2, 0.25) is 0 Å². The summed E-state index contributed by atoms with van der Waals surface area (Å²) in [6.45, 7) is 2.31. The Morgan fingerprint density at radius 1 is 1.45 bits per heavy atom. The highest BCUT2D eigenvalue weighted by Crippen LogP contribution is 2.18. The Balaban J connectivity index is 1.94. The molecule has 0 spiro atoms. The van der Waals surface area contributed by atoms with E-state index < -0.39 is 0 Å². The number of hydrogen-bond acceptors (Lipinski definition) is 4. The van der Waals surface area contributed by atoms with Crippen LogP contribution in [0.5, 0.6) is 0 Å². The zero-order valence-electron chi connectivity index (χ0n) is 11.1. The molecule has 3 N–H and O–H groups in total. The molecular weight excluding hydrogens is 277 g/mol. The Kier molecular flexibility index (Phi) is 4.81. The van der Waals surface area contributed by atoms with Crippen LogP contribution < -0.4 is 11.1 Å². The van der Waals surface area contributed by atoms with Crippen molar-refractivity contribution in [2.75, 3.05) is 0 Å². The molecule has 106 valence electrons. The largest absolute Gasteiger partial charge is 0.347 e. The van der Waals surface area contributed by atoms with Crippen LogP contribution in [0.4, 0.5) is 4.39 Å². The summed E-state index contributed by atoms with van der Waals surface area (Å²) in [5.74, 6) is -0.544. The lowest BCUT2D eigenvalue weighted by Crippen LogP contribution is -2.23. The van der Waals surface area contributed by atoms with Gasteiger partial charge in [0.05, 0.1) is 6.04 Å². The molecule has 0 saturated heterocycles. The SMILES string of the molecule is CCC(N)c1nc(C(=O)NCc2ccc(F)cc2)cs1. The van der Waals surface area contributed by atoms with Gasteiger partial charge in [0.15, 0.2) is 0 Å². The van der Waals surface area contributed by atoms with Crippen molar-refractivity contribution in [1.82, 2.24) is 10.3 Å². The first-order chi connectivity index (χ1) is 9.60. The van der Waals surface area contributed by atoms with Crippen LogP contribution in [0.15, 0.2) is 29.6 Å². The van der Waals surface area contributed by atoms with Gasteiger partial charge in [0.25, 0.3) is 5.91 Å². The van der Waals surface area contributed by atoms with Crippen molar-refractivity contribution < 1.29 is 9.18 Å². The molecular formula is C14H16FN3OS. The van der Waals surface area contributed by atoms with Crippen molar-refractivity contribution in [3.8, 4) is 0 Å². The second kappa shape index (κ2) is 6.58. The zero-order chi connectivity index (χ0) is 14.5. The number of hydrogen-bond donors (Lipinski definition) is 2. The molecule has 20 heavy (non-hydrogen) atoms. The minimum absolute atomic E-state index is 0.126. The average Bonchev–Trinajstić information content (AvgIpc) is 2.95. The number of aromatic nitrogens is 1. The van der Waals surface area contributed by atoms with E-state index in [0.717, 1.165) is 17.0 Å². The van der Waals surface area contributed by atoms with Crippen molar-refractivity contribution in [2.24, 2.45) is 5.73 Å². The van der Waals surface area contributed by atoms with Crippen LogP contribution in [-0.4, -0.2) is 10.9 Å². The molecule has 0 aliphatic carbocycles. The minimum Gasteiger partial charge on any atom is -0.347 e. The summed E-state index contributed by atoms with van der Waals surface area (Å²) >= 11 is 1.39. The molecule has 1 aromatic heterocycles. The van der Waals surface area contributed by atoms with Gasteiger partial charge in [-0.15, -0.1) is 11.3 Å². The van der Waals surface area contributed by atoms with Gasteiger partial charge in [-0.05, 0) is 24.1 Å². The number of amides is 1. The number of carbonyl (C=O) groups excluding carboxylic acids is 1. The minimum atomic E-state index is -0.294. The quantitative estimate of drug-likeness (QED) is 0.890. The molecule has 4 nitrogen and oxygen atoms in total. The monoisotopic (exact) mass is 293 g/mol. The first-order valence-corrected chi connectivity index (χ1v) is 7.21. The number of nitrogens with one attached hydrogen (secondary N) is 1. The van der Waals surface area contributed by atoms with Crippen LogP contribution in [0.25, 0.3) is 0 Å². The molecule has 1 aromatic carbocycles. The van der Waals surface area contributed by atoms with Crippen molar-refractivity contribution >= 4 is 17.2 Å². The highest BCUT2D eigenvalue weighted by atomic mass is 32.1.